The Kier molecular flexibility index (Phi) is 5.98. The number of carbonyl (C=O) groups excluding carboxylic acids is 1. The van der Waals surface area contributed by atoms with E-state index in [-0.39, 0.29) is 12.3 Å². The predicted octanol–water partition coefficient (Wildman–Crippen LogP) is 4.30. The first kappa shape index (κ1) is 20.6. The molecule has 0 aliphatic heterocycles. The number of benzene rings is 1. The Morgan fingerprint density at radius 2 is 1.94 bits per heavy atom. The quantitative estimate of drug-likeness (QED) is 0.452. The van der Waals surface area contributed by atoms with Crippen molar-refractivity contribution in [1.82, 2.24) is 19.3 Å². The first-order valence-electron chi connectivity index (χ1n) is 10.4. The fourth-order valence-corrected chi connectivity index (χ4v) is 3.66. The molecule has 6 nitrogen and oxygen atoms in total. The number of likely N-dealkylation sites (N-methyl/N-ethyl adjacent to an activating group) is 1. The first-order valence-corrected chi connectivity index (χ1v) is 10.4. The summed E-state index contributed by atoms with van der Waals surface area (Å²) < 4.78 is 7.30. The standard InChI is InChI=1S/C25H26N4O2/c1-4-28(17-20-7-5-6-13-26-20)24(30)16-22-25(19-8-10-21(31-3)11-9-19)27-23-15-18(2)12-14-29(22)23/h5-15H,4,16-17H2,1-3H3. The third-order valence-electron chi connectivity index (χ3n) is 5.38. The lowest BCUT2D eigenvalue weighted by Gasteiger charge is -2.21. The van der Waals surface area contributed by atoms with Crippen molar-refractivity contribution in [3.63, 3.8) is 0 Å². The number of hydrogen-bond donors (Lipinski definition) is 0. The number of amides is 1. The number of aromatic nitrogens is 3. The minimum atomic E-state index is 0.0466. The number of aryl methyl sites for hydroxylation is 1. The average Bonchev–Trinajstić information content (AvgIpc) is 3.15. The molecular weight excluding hydrogens is 388 g/mol. The molecule has 1 amide bonds. The van der Waals surface area contributed by atoms with Crippen LogP contribution < -0.4 is 4.74 Å². The predicted molar refractivity (Wildman–Crippen MR) is 121 cm³/mol. The fourth-order valence-electron chi connectivity index (χ4n) is 3.66. The maximum absolute atomic E-state index is 13.3. The Morgan fingerprint density at radius 3 is 2.61 bits per heavy atom. The number of methoxy groups -OCH3 is 1. The number of ether oxygens (including phenoxy) is 1. The lowest BCUT2D eigenvalue weighted by atomic mass is 10.1. The third kappa shape index (κ3) is 4.43. The molecule has 0 saturated heterocycles. The van der Waals surface area contributed by atoms with E-state index in [2.05, 4.69) is 4.98 Å². The number of nitrogens with zero attached hydrogens (tertiary/aromatic N) is 4. The molecule has 0 unspecified atom stereocenters. The van der Waals surface area contributed by atoms with E-state index in [1.54, 1.807) is 13.3 Å². The van der Waals surface area contributed by atoms with Crippen LogP contribution in [0.5, 0.6) is 5.75 Å². The number of imidazole rings is 1. The molecule has 0 atom stereocenters. The molecule has 4 rings (SSSR count). The summed E-state index contributed by atoms with van der Waals surface area (Å²) in [6, 6.07) is 17.6. The summed E-state index contributed by atoms with van der Waals surface area (Å²) in [4.78, 5) is 24.3. The van der Waals surface area contributed by atoms with Crippen LogP contribution in [0.1, 0.15) is 23.9 Å². The first-order chi connectivity index (χ1) is 15.1. The van der Waals surface area contributed by atoms with Gasteiger partial charge in [-0.2, -0.15) is 0 Å². The van der Waals surface area contributed by atoms with Crippen molar-refractivity contribution in [3.05, 3.63) is 83.9 Å². The van der Waals surface area contributed by atoms with Gasteiger partial charge in [-0.25, -0.2) is 4.98 Å². The number of hydrogen-bond acceptors (Lipinski definition) is 4. The molecule has 0 bridgehead atoms. The van der Waals surface area contributed by atoms with Crippen LogP contribution in [-0.4, -0.2) is 38.8 Å². The number of rotatable bonds is 7. The molecule has 0 N–H and O–H groups in total. The maximum atomic E-state index is 13.3. The van der Waals surface area contributed by atoms with Gasteiger partial charge < -0.3 is 14.0 Å². The van der Waals surface area contributed by atoms with Crippen molar-refractivity contribution in [2.45, 2.75) is 26.8 Å². The average molecular weight is 415 g/mol. The van der Waals surface area contributed by atoms with Crippen LogP contribution in [0, 0.1) is 6.92 Å². The molecule has 31 heavy (non-hydrogen) atoms. The van der Waals surface area contributed by atoms with Crippen molar-refractivity contribution in [2.24, 2.45) is 0 Å². The van der Waals surface area contributed by atoms with Gasteiger partial charge in [0, 0.05) is 24.5 Å². The zero-order valence-corrected chi connectivity index (χ0v) is 18.1. The zero-order chi connectivity index (χ0) is 21.8. The fraction of sp³-hybridized carbons (Fsp3) is 0.240. The summed E-state index contributed by atoms with van der Waals surface area (Å²) in [6.07, 6.45) is 4.00. The van der Waals surface area contributed by atoms with Gasteiger partial charge in [0.1, 0.15) is 11.4 Å². The summed E-state index contributed by atoms with van der Waals surface area (Å²) >= 11 is 0. The Hall–Kier alpha value is -3.67. The van der Waals surface area contributed by atoms with Crippen LogP contribution in [0.3, 0.4) is 0 Å². The van der Waals surface area contributed by atoms with E-state index in [0.29, 0.717) is 13.1 Å². The SMILES string of the molecule is CCN(Cc1ccccn1)C(=O)Cc1c(-c2ccc(OC)cc2)nc2cc(C)ccn12. The van der Waals surface area contributed by atoms with Crippen LogP contribution in [0.4, 0.5) is 0 Å². The van der Waals surface area contributed by atoms with Crippen LogP contribution in [0.15, 0.2) is 67.0 Å². The summed E-state index contributed by atoms with van der Waals surface area (Å²) in [5, 5.41) is 0. The number of pyridine rings is 2. The van der Waals surface area contributed by atoms with Gasteiger partial charge in [0.2, 0.25) is 5.91 Å². The minimum Gasteiger partial charge on any atom is -0.497 e. The molecule has 0 spiro atoms. The highest BCUT2D eigenvalue weighted by atomic mass is 16.5. The van der Waals surface area contributed by atoms with Gasteiger partial charge >= 0.3 is 0 Å². The maximum Gasteiger partial charge on any atom is 0.228 e. The van der Waals surface area contributed by atoms with Crippen molar-refractivity contribution in [3.8, 4) is 17.0 Å². The van der Waals surface area contributed by atoms with E-state index < -0.39 is 0 Å². The van der Waals surface area contributed by atoms with Gasteiger partial charge in [-0.15, -0.1) is 0 Å². The Labute approximate surface area is 182 Å². The molecule has 0 saturated carbocycles. The van der Waals surface area contributed by atoms with Crippen molar-refractivity contribution >= 4 is 11.6 Å². The zero-order valence-electron chi connectivity index (χ0n) is 18.1. The molecule has 158 valence electrons. The van der Waals surface area contributed by atoms with Gasteiger partial charge in [-0.05, 0) is 67.9 Å². The van der Waals surface area contributed by atoms with Crippen LogP contribution >= 0.6 is 0 Å². The molecule has 3 heterocycles. The topological polar surface area (TPSA) is 59.7 Å². The van der Waals surface area contributed by atoms with Gasteiger partial charge in [0.15, 0.2) is 0 Å². The highest BCUT2D eigenvalue weighted by Gasteiger charge is 2.20. The lowest BCUT2D eigenvalue weighted by Crippen LogP contribution is -2.32. The molecule has 1 aromatic carbocycles. The van der Waals surface area contributed by atoms with E-state index >= 15 is 0 Å². The molecule has 0 fully saturated rings. The van der Waals surface area contributed by atoms with Gasteiger partial charge in [0.25, 0.3) is 0 Å². The smallest absolute Gasteiger partial charge is 0.228 e. The highest BCUT2D eigenvalue weighted by molar-refractivity contribution is 5.81. The third-order valence-corrected chi connectivity index (χ3v) is 5.38. The Balaban J connectivity index is 1.70. The summed E-state index contributed by atoms with van der Waals surface area (Å²) in [5.74, 6) is 0.832. The summed E-state index contributed by atoms with van der Waals surface area (Å²) in [5.41, 5.74) is 5.49. The summed E-state index contributed by atoms with van der Waals surface area (Å²) in [6.45, 7) is 5.13. The van der Waals surface area contributed by atoms with Crippen LogP contribution in [-0.2, 0) is 17.8 Å². The molecule has 4 aromatic rings. The van der Waals surface area contributed by atoms with E-state index in [9.17, 15) is 4.79 Å². The monoisotopic (exact) mass is 414 g/mol. The molecule has 0 radical (unpaired) electrons. The molecular formula is C25H26N4O2. The van der Waals surface area contributed by atoms with E-state index in [1.807, 2.05) is 83.9 Å². The molecule has 3 aromatic heterocycles. The Morgan fingerprint density at radius 1 is 1.13 bits per heavy atom. The Bertz CT molecular complexity index is 1180. The van der Waals surface area contributed by atoms with Crippen LogP contribution in [0.2, 0.25) is 0 Å². The largest absolute Gasteiger partial charge is 0.497 e. The molecule has 6 heteroatoms. The van der Waals surface area contributed by atoms with Gasteiger partial charge in [0.05, 0.1) is 37.2 Å². The van der Waals surface area contributed by atoms with E-state index in [1.165, 1.54) is 0 Å². The van der Waals surface area contributed by atoms with Crippen LogP contribution in [0.25, 0.3) is 16.9 Å². The normalized spacial score (nSPS) is 10.9. The van der Waals surface area contributed by atoms with E-state index in [0.717, 1.165) is 39.6 Å². The van der Waals surface area contributed by atoms with Crippen molar-refractivity contribution in [1.29, 1.82) is 0 Å². The number of fused-ring (bicyclic) bond motifs is 1. The second kappa shape index (κ2) is 9.00. The van der Waals surface area contributed by atoms with Crippen molar-refractivity contribution < 1.29 is 9.53 Å². The van der Waals surface area contributed by atoms with Gasteiger partial charge in [-0.3, -0.25) is 9.78 Å². The lowest BCUT2D eigenvalue weighted by molar-refractivity contribution is -0.131. The molecule has 0 aliphatic carbocycles. The second-order valence-electron chi connectivity index (χ2n) is 7.47. The second-order valence-corrected chi connectivity index (χ2v) is 7.47. The molecule has 0 aliphatic rings. The van der Waals surface area contributed by atoms with E-state index in [4.69, 9.17) is 9.72 Å². The number of carbonyl (C=O) groups is 1. The minimum absolute atomic E-state index is 0.0466. The summed E-state index contributed by atoms with van der Waals surface area (Å²) in [7, 11) is 1.65. The van der Waals surface area contributed by atoms with Crippen molar-refractivity contribution in [2.75, 3.05) is 13.7 Å². The highest BCUT2D eigenvalue weighted by Crippen LogP contribution is 2.27. The van der Waals surface area contributed by atoms with Gasteiger partial charge in [-0.1, -0.05) is 6.07 Å².